The molecular formula is C23H23Cl2N3O3. The van der Waals surface area contributed by atoms with E-state index in [4.69, 9.17) is 27.9 Å². The van der Waals surface area contributed by atoms with Crippen LogP contribution in [0.25, 0.3) is 10.9 Å². The summed E-state index contributed by atoms with van der Waals surface area (Å²) in [5, 5.41) is 4.74. The van der Waals surface area contributed by atoms with Crippen molar-refractivity contribution in [3.05, 3.63) is 64.3 Å². The summed E-state index contributed by atoms with van der Waals surface area (Å²) in [5.74, 6) is -0.488. The average molecular weight is 460 g/mol. The number of aromatic nitrogens is 1. The van der Waals surface area contributed by atoms with Crippen LogP contribution < -0.4 is 5.32 Å². The number of likely N-dealkylation sites (tertiary alicyclic amines) is 1. The van der Waals surface area contributed by atoms with Crippen LogP contribution in [0.3, 0.4) is 0 Å². The van der Waals surface area contributed by atoms with Gasteiger partial charge in [-0.05, 0) is 55.3 Å². The van der Waals surface area contributed by atoms with E-state index < -0.39 is 6.04 Å². The number of ether oxygens (including phenoxy) is 1. The van der Waals surface area contributed by atoms with Gasteiger partial charge in [-0.15, -0.1) is 0 Å². The molecular weight excluding hydrogens is 437 g/mol. The molecule has 0 radical (unpaired) electrons. The lowest BCUT2D eigenvalue weighted by Crippen LogP contribution is -2.43. The van der Waals surface area contributed by atoms with Crippen LogP contribution in [0.1, 0.15) is 23.2 Å². The number of anilines is 1. The molecule has 0 bridgehead atoms. The number of rotatable bonds is 6. The van der Waals surface area contributed by atoms with Crippen molar-refractivity contribution in [3.8, 4) is 0 Å². The molecule has 0 aliphatic carbocycles. The zero-order valence-corrected chi connectivity index (χ0v) is 18.6. The van der Waals surface area contributed by atoms with Crippen LogP contribution in [-0.2, 0) is 16.1 Å². The van der Waals surface area contributed by atoms with E-state index >= 15 is 0 Å². The number of carbonyl (C=O) groups excluding carboxylic acids is 2. The Kier molecular flexibility index (Phi) is 6.51. The molecule has 2 aromatic carbocycles. The summed E-state index contributed by atoms with van der Waals surface area (Å²) in [6.45, 7) is 1.89. The molecule has 0 saturated carbocycles. The molecule has 1 aromatic heterocycles. The van der Waals surface area contributed by atoms with Crippen LogP contribution in [0.2, 0.25) is 10.0 Å². The lowest BCUT2D eigenvalue weighted by atomic mass is 10.1. The molecule has 1 atom stereocenters. The summed E-state index contributed by atoms with van der Waals surface area (Å²) in [6, 6.07) is 12.0. The summed E-state index contributed by atoms with van der Waals surface area (Å²) in [7, 11) is 1.68. The third kappa shape index (κ3) is 4.56. The molecule has 1 fully saturated rings. The molecule has 1 aliphatic rings. The van der Waals surface area contributed by atoms with Crippen LogP contribution in [0, 0.1) is 0 Å². The van der Waals surface area contributed by atoms with Crippen LogP contribution in [-0.4, -0.2) is 47.6 Å². The van der Waals surface area contributed by atoms with Crippen molar-refractivity contribution in [1.82, 2.24) is 9.47 Å². The highest BCUT2D eigenvalue weighted by molar-refractivity contribution is 6.35. The van der Waals surface area contributed by atoms with Gasteiger partial charge in [0.1, 0.15) is 6.04 Å². The Morgan fingerprint density at radius 3 is 2.81 bits per heavy atom. The summed E-state index contributed by atoms with van der Waals surface area (Å²) >= 11 is 12.2. The second-order valence-electron chi connectivity index (χ2n) is 7.55. The van der Waals surface area contributed by atoms with Crippen molar-refractivity contribution < 1.29 is 14.3 Å². The lowest BCUT2D eigenvalue weighted by Gasteiger charge is -2.24. The van der Waals surface area contributed by atoms with E-state index in [0.717, 1.165) is 23.9 Å². The second-order valence-corrected chi connectivity index (χ2v) is 8.39. The first-order chi connectivity index (χ1) is 15.0. The lowest BCUT2D eigenvalue weighted by molar-refractivity contribution is -0.119. The summed E-state index contributed by atoms with van der Waals surface area (Å²) in [4.78, 5) is 27.6. The topological polar surface area (TPSA) is 63.6 Å². The highest BCUT2D eigenvalue weighted by Crippen LogP contribution is 2.27. The molecule has 1 unspecified atom stereocenters. The minimum Gasteiger partial charge on any atom is -0.383 e. The van der Waals surface area contributed by atoms with Gasteiger partial charge in [0.15, 0.2) is 0 Å². The number of hydrogen-bond acceptors (Lipinski definition) is 3. The van der Waals surface area contributed by atoms with E-state index in [-0.39, 0.29) is 11.8 Å². The first-order valence-electron chi connectivity index (χ1n) is 10.1. The summed E-state index contributed by atoms with van der Waals surface area (Å²) < 4.78 is 7.25. The van der Waals surface area contributed by atoms with Gasteiger partial charge in [-0.1, -0.05) is 23.2 Å². The number of fused-ring (bicyclic) bond motifs is 1. The van der Waals surface area contributed by atoms with Gasteiger partial charge in [0.05, 0.1) is 17.2 Å². The molecule has 4 rings (SSSR count). The molecule has 3 aromatic rings. The van der Waals surface area contributed by atoms with Gasteiger partial charge in [0.25, 0.3) is 5.91 Å². The third-order valence-corrected chi connectivity index (χ3v) is 6.11. The van der Waals surface area contributed by atoms with Crippen LogP contribution in [0.15, 0.2) is 48.7 Å². The molecule has 1 N–H and O–H groups in total. The van der Waals surface area contributed by atoms with Gasteiger partial charge < -0.3 is 19.5 Å². The van der Waals surface area contributed by atoms with Gasteiger partial charge in [-0.3, -0.25) is 9.59 Å². The minimum atomic E-state index is -0.551. The smallest absolute Gasteiger partial charge is 0.256 e. The normalized spacial score (nSPS) is 16.1. The number of carbonyl (C=O) groups is 2. The molecule has 1 saturated heterocycles. The van der Waals surface area contributed by atoms with Crippen LogP contribution >= 0.6 is 23.2 Å². The SMILES string of the molecule is COCCn1ccc2cc(NC(=O)C3CCCN3C(=O)c3cc(Cl)ccc3Cl)ccc21. The minimum absolute atomic E-state index is 0.206. The maximum atomic E-state index is 13.0. The summed E-state index contributed by atoms with van der Waals surface area (Å²) in [5.41, 5.74) is 2.08. The number of nitrogens with one attached hydrogen (secondary N) is 1. The second kappa shape index (κ2) is 9.30. The van der Waals surface area contributed by atoms with Crippen LogP contribution in [0.4, 0.5) is 5.69 Å². The monoisotopic (exact) mass is 459 g/mol. The van der Waals surface area contributed by atoms with E-state index in [1.54, 1.807) is 30.2 Å². The Balaban J connectivity index is 1.50. The fourth-order valence-corrected chi connectivity index (χ4v) is 4.36. The highest BCUT2D eigenvalue weighted by atomic mass is 35.5. The van der Waals surface area contributed by atoms with E-state index in [2.05, 4.69) is 9.88 Å². The van der Waals surface area contributed by atoms with Gasteiger partial charge in [-0.25, -0.2) is 0 Å². The van der Waals surface area contributed by atoms with Crippen molar-refractivity contribution >= 4 is 51.6 Å². The number of amides is 2. The zero-order chi connectivity index (χ0) is 22.0. The number of halogens is 2. The Morgan fingerprint density at radius 2 is 2.00 bits per heavy atom. The van der Waals surface area contributed by atoms with Crippen molar-refractivity contribution in [2.45, 2.75) is 25.4 Å². The molecule has 6 nitrogen and oxygen atoms in total. The van der Waals surface area contributed by atoms with Gasteiger partial charge in [-0.2, -0.15) is 0 Å². The number of benzene rings is 2. The van der Waals surface area contributed by atoms with E-state index in [9.17, 15) is 9.59 Å². The first kappa shape index (κ1) is 21.7. The molecule has 1 aliphatic heterocycles. The van der Waals surface area contributed by atoms with E-state index in [1.165, 1.54) is 0 Å². The Morgan fingerprint density at radius 1 is 1.16 bits per heavy atom. The Labute approximate surface area is 190 Å². The molecule has 0 spiro atoms. The Bertz CT molecular complexity index is 1130. The van der Waals surface area contributed by atoms with E-state index in [1.807, 2.05) is 30.5 Å². The molecule has 31 heavy (non-hydrogen) atoms. The zero-order valence-electron chi connectivity index (χ0n) is 17.1. The third-order valence-electron chi connectivity index (χ3n) is 5.55. The summed E-state index contributed by atoms with van der Waals surface area (Å²) in [6.07, 6.45) is 3.36. The highest BCUT2D eigenvalue weighted by Gasteiger charge is 2.35. The predicted octanol–water partition coefficient (Wildman–Crippen LogP) is 4.84. The molecule has 2 amide bonds. The Hall–Kier alpha value is -2.54. The molecule has 2 heterocycles. The van der Waals surface area contributed by atoms with Crippen molar-refractivity contribution in [3.63, 3.8) is 0 Å². The van der Waals surface area contributed by atoms with Crippen molar-refractivity contribution in [2.24, 2.45) is 0 Å². The van der Waals surface area contributed by atoms with Gasteiger partial charge >= 0.3 is 0 Å². The number of methoxy groups -OCH3 is 1. The predicted molar refractivity (Wildman–Crippen MR) is 123 cm³/mol. The first-order valence-corrected chi connectivity index (χ1v) is 10.9. The standard InChI is InChI=1S/C23H23Cl2N3O3/c1-31-12-11-27-10-8-15-13-17(5-7-20(15)27)26-22(29)21-3-2-9-28(21)23(30)18-14-16(24)4-6-19(18)25/h4-8,10,13-14,21H,2-3,9,11-12H2,1H3,(H,26,29). The number of nitrogens with zero attached hydrogens (tertiary/aromatic N) is 2. The fraction of sp³-hybridized carbons (Fsp3) is 0.304. The van der Waals surface area contributed by atoms with Gasteiger partial charge in [0, 0.05) is 48.0 Å². The molecule has 162 valence electrons. The van der Waals surface area contributed by atoms with Crippen molar-refractivity contribution in [1.29, 1.82) is 0 Å². The molecule has 8 heteroatoms. The van der Waals surface area contributed by atoms with Crippen molar-refractivity contribution in [2.75, 3.05) is 25.6 Å². The number of hydrogen-bond donors (Lipinski definition) is 1. The maximum absolute atomic E-state index is 13.0. The van der Waals surface area contributed by atoms with E-state index in [0.29, 0.717) is 40.9 Å². The van der Waals surface area contributed by atoms with Crippen LogP contribution in [0.5, 0.6) is 0 Å². The quantitative estimate of drug-likeness (QED) is 0.573. The fourth-order valence-electron chi connectivity index (χ4n) is 3.99. The average Bonchev–Trinajstić information content (AvgIpc) is 3.40. The largest absolute Gasteiger partial charge is 0.383 e. The maximum Gasteiger partial charge on any atom is 0.256 e. The van der Waals surface area contributed by atoms with Gasteiger partial charge in [0.2, 0.25) is 5.91 Å².